The molecule has 28 heavy (non-hydrogen) atoms. The van der Waals surface area contributed by atoms with Crippen LogP contribution in [0.25, 0.3) is 0 Å². The van der Waals surface area contributed by atoms with Gasteiger partial charge in [-0.2, -0.15) is 0 Å². The molecule has 6 heteroatoms. The third-order valence-corrected chi connectivity index (χ3v) is 7.38. The van der Waals surface area contributed by atoms with E-state index in [1.165, 1.54) is 0 Å². The molecular formula is C22H29NO4S. The maximum atomic E-state index is 12.7. The molecule has 2 N–H and O–H groups in total. The zero-order chi connectivity index (χ0) is 20.1. The van der Waals surface area contributed by atoms with Crippen molar-refractivity contribution in [2.75, 3.05) is 6.54 Å². The Balaban J connectivity index is 1.64. The van der Waals surface area contributed by atoms with Crippen molar-refractivity contribution >= 4 is 16.0 Å². The molecule has 0 aromatic heterocycles. The van der Waals surface area contributed by atoms with Gasteiger partial charge in [0.1, 0.15) is 0 Å². The molecule has 0 amide bonds. The van der Waals surface area contributed by atoms with Gasteiger partial charge in [-0.15, -0.1) is 0 Å². The summed E-state index contributed by atoms with van der Waals surface area (Å²) in [5.41, 5.74) is 1.03. The summed E-state index contributed by atoms with van der Waals surface area (Å²) in [4.78, 5) is 10.9. The normalized spacial score (nSPS) is 26.8. The van der Waals surface area contributed by atoms with Crippen molar-refractivity contribution in [1.29, 1.82) is 0 Å². The molecule has 1 aromatic rings. The van der Waals surface area contributed by atoms with E-state index in [4.69, 9.17) is 5.11 Å². The average molecular weight is 404 g/mol. The van der Waals surface area contributed by atoms with E-state index in [0.717, 1.165) is 24.8 Å². The number of fused-ring (bicyclic) bond motifs is 2. The van der Waals surface area contributed by atoms with E-state index in [1.807, 2.05) is 19.1 Å². The van der Waals surface area contributed by atoms with E-state index < -0.39 is 16.0 Å². The Morgan fingerprint density at radius 1 is 1.18 bits per heavy atom. The number of aryl methyl sites for hydroxylation is 1. The number of benzene rings is 1. The molecule has 2 bridgehead atoms. The quantitative estimate of drug-likeness (QED) is 0.484. The molecule has 1 aromatic carbocycles. The summed E-state index contributed by atoms with van der Waals surface area (Å²) in [6, 6.07) is 6.90. The number of unbranched alkanes of at least 4 members (excludes halogenated alkanes) is 1. The first-order valence-electron chi connectivity index (χ1n) is 10.00. The van der Waals surface area contributed by atoms with Crippen molar-refractivity contribution < 1.29 is 18.3 Å². The van der Waals surface area contributed by atoms with Gasteiger partial charge in [0, 0.05) is 13.0 Å². The second kappa shape index (κ2) is 9.05. The maximum Gasteiger partial charge on any atom is 0.303 e. The summed E-state index contributed by atoms with van der Waals surface area (Å²) in [5, 5.41) is 8.75. The summed E-state index contributed by atoms with van der Waals surface area (Å²) in [7, 11) is -3.52. The number of rotatable bonds is 9. The number of carbonyl (C=O) groups is 1. The number of carboxylic acid groups (broad SMARTS) is 1. The van der Waals surface area contributed by atoms with Gasteiger partial charge in [0.25, 0.3) is 0 Å². The Morgan fingerprint density at radius 3 is 2.50 bits per heavy atom. The fourth-order valence-electron chi connectivity index (χ4n) is 4.35. The number of hydrogen-bond acceptors (Lipinski definition) is 3. The van der Waals surface area contributed by atoms with Crippen LogP contribution in [0.1, 0.15) is 37.7 Å². The molecule has 4 unspecified atom stereocenters. The largest absolute Gasteiger partial charge is 0.481 e. The van der Waals surface area contributed by atoms with Gasteiger partial charge >= 0.3 is 5.97 Å². The SMILES string of the molecule is Cc1ccc(S(=O)(=O)NCC2C3C=CC(CC3)C2C=CCCCC(=O)O)cc1. The third kappa shape index (κ3) is 5.11. The van der Waals surface area contributed by atoms with Gasteiger partial charge in [-0.1, -0.05) is 42.0 Å². The Morgan fingerprint density at radius 2 is 1.86 bits per heavy atom. The Kier molecular flexibility index (Phi) is 6.73. The first-order chi connectivity index (χ1) is 13.4. The van der Waals surface area contributed by atoms with Gasteiger partial charge < -0.3 is 5.11 Å². The van der Waals surface area contributed by atoms with Crippen LogP contribution in [0.5, 0.6) is 0 Å². The lowest BCUT2D eigenvalue weighted by Crippen LogP contribution is -2.42. The van der Waals surface area contributed by atoms with Crippen molar-refractivity contribution in [3.8, 4) is 0 Å². The molecule has 4 atom stereocenters. The first kappa shape index (κ1) is 20.8. The van der Waals surface area contributed by atoms with Crippen LogP contribution in [0, 0.1) is 30.6 Å². The van der Waals surface area contributed by atoms with Crippen LogP contribution in [-0.4, -0.2) is 26.0 Å². The van der Waals surface area contributed by atoms with Crippen LogP contribution in [0.2, 0.25) is 0 Å². The van der Waals surface area contributed by atoms with E-state index >= 15 is 0 Å². The smallest absolute Gasteiger partial charge is 0.303 e. The first-order valence-corrected chi connectivity index (χ1v) is 11.5. The van der Waals surface area contributed by atoms with Crippen LogP contribution in [0.4, 0.5) is 0 Å². The molecule has 0 radical (unpaired) electrons. The monoisotopic (exact) mass is 403 g/mol. The number of nitrogens with one attached hydrogen (secondary N) is 1. The second-order valence-electron chi connectivity index (χ2n) is 7.91. The highest BCUT2D eigenvalue weighted by atomic mass is 32.2. The van der Waals surface area contributed by atoms with Gasteiger partial charge in [-0.25, -0.2) is 13.1 Å². The molecule has 152 valence electrons. The molecule has 3 aliphatic carbocycles. The van der Waals surface area contributed by atoms with Crippen LogP contribution in [0.3, 0.4) is 0 Å². The molecule has 0 heterocycles. The average Bonchev–Trinajstić information content (AvgIpc) is 2.67. The van der Waals surface area contributed by atoms with Gasteiger partial charge in [-0.3, -0.25) is 4.79 Å². The Hall–Kier alpha value is -1.92. The number of sulfonamides is 1. The van der Waals surface area contributed by atoms with E-state index in [-0.39, 0.29) is 12.3 Å². The van der Waals surface area contributed by atoms with Gasteiger partial charge in [-0.05, 0) is 68.4 Å². The zero-order valence-corrected chi connectivity index (χ0v) is 17.1. The van der Waals surface area contributed by atoms with Crippen molar-refractivity contribution in [3.05, 3.63) is 54.1 Å². The number of allylic oxidation sites excluding steroid dienone is 4. The van der Waals surface area contributed by atoms with E-state index in [1.54, 1.807) is 12.1 Å². The van der Waals surface area contributed by atoms with Crippen molar-refractivity contribution in [3.63, 3.8) is 0 Å². The summed E-state index contributed by atoms with van der Waals surface area (Å²) in [5.74, 6) is 0.597. The molecular weight excluding hydrogens is 374 g/mol. The molecule has 1 fully saturated rings. The van der Waals surface area contributed by atoms with Crippen LogP contribution in [-0.2, 0) is 14.8 Å². The number of carboxylic acids is 1. The fourth-order valence-corrected chi connectivity index (χ4v) is 5.42. The highest BCUT2D eigenvalue weighted by Crippen LogP contribution is 2.45. The lowest BCUT2D eigenvalue weighted by Gasteiger charge is -2.44. The minimum atomic E-state index is -3.52. The molecule has 1 saturated carbocycles. The molecule has 3 aliphatic rings. The molecule has 0 aliphatic heterocycles. The highest BCUT2D eigenvalue weighted by molar-refractivity contribution is 7.89. The summed E-state index contributed by atoms with van der Waals surface area (Å²) < 4.78 is 28.1. The minimum Gasteiger partial charge on any atom is -0.481 e. The lowest BCUT2D eigenvalue weighted by atomic mass is 9.62. The van der Waals surface area contributed by atoms with E-state index in [2.05, 4.69) is 29.0 Å². The van der Waals surface area contributed by atoms with Gasteiger partial charge in [0.2, 0.25) is 10.0 Å². The van der Waals surface area contributed by atoms with E-state index in [0.29, 0.717) is 35.6 Å². The fraction of sp³-hybridized carbons (Fsp3) is 0.500. The predicted molar refractivity (Wildman–Crippen MR) is 109 cm³/mol. The maximum absolute atomic E-state index is 12.7. The van der Waals surface area contributed by atoms with Crippen LogP contribution in [0.15, 0.2) is 53.5 Å². The second-order valence-corrected chi connectivity index (χ2v) is 9.68. The summed E-state index contributed by atoms with van der Waals surface area (Å²) in [6.45, 7) is 2.36. The minimum absolute atomic E-state index is 0.181. The molecule has 0 saturated heterocycles. The predicted octanol–water partition coefficient (Wildman–Crippen LogP) is 3.91. The Labute approximate surface area is 167 Å². The zero-order valence-electron chi connectivity index (χ0n) is 16.3. The lowest BCUT2D eigenvalue weighted by molar-refractivity contribution is -0.137. The van der Waals surface area contributed by atoms with Crippen molar-refractivity contribution in [2.45, 2.75) is 43.9 Å². The van der Waals surface area contributed by atoms with Crippen molar-refractivity contribution in [2.24, 2.45) is 23.7 Å². The van der Waals surface area contributed by atoms with E-state index in [9.17, 15) is 13.2 Å². The standard InChI is InChI=1S/C22H29NO4S/c1-16-7-13-19(14-8-16)28(26,27)23-15-21-18-11-9-17(10-12-18)20(21)5-3-2-4-6-22(24)25/h3,5,7-9,11,13-14,17-18,20-21,23H,2,4,6,10,12,15H2,1H3,(H,24,25). The number of hydrogen-bond donors (Lipinski definition) is 2. The molecule has 5 nitrogen and oxygen atoms in total. The van der Waals surface area contributed by atoms with Crippen LogP contribution < -0.4 is 4.72 Å². The third-order valence-electron chi connectivity index (χ3n) is 5.94. The number of aliphatic carboxylic acids is 1. The summed E-state index contributed by atoms with van der Waals surface area (Å²) in [6.07, 6.45) is 12.6. The van der Waals surface area contributed by atoms with Crippen molar-refractivity contribution in [1.82, 2.24) is 4.72 Å². The Bertz CT molecular complexity index is 842. The molecule has 4 rings (SSSR count). The van der Waals surface area contributed by atoms with Crippen LogP contribution >= 0.6 is 0 Å². The molecule has 0 spiro atoms. The highest BCUT2D eigenvalue weighted by Gasteiger charge is 2.39. The topological polar surface area (TPSA) is 83.5 Å². The van der Waals surface area contributed by atoms with Gasteiger partial charge in [0.15, 0.2) is 0 Å². The summed E-state index contributed by atoms with van der Waals surface area (Å²) >= 11 is 0. The van der Waals surface area contributed by atoms with Gasteiger partial charge in [0.05, 0.1) is 4.90 Å².